The maximum atomic E-state index is 12.2. The quantitative estimate of drug-likeness (QED) is 0.713. The predicted molar refractivity (Wildman–Crippen MR) is 99.4 cm³/mol. The lowest BCUT2D eigenvalue weighted by atomic mass is 10.1. The summed E-state index contributed by atoms with van der Waals surface area (Å²) in [4.78, 5) is 24.0. The number of anilines is 1. The molecular weight excluding hydrogens is 373 g/mol. The Labute approximate surface area is 160 Å². The predicted octanol–water partition coefficient (Wildman–Crippen LogP) is 3.95. The Balaban J connectivity index is 1.93. The monoisotopic (exact) mass is 394 g/mol. The van der Waals surface area contributed by atoms with Crippen LogP contribution in [0.3, 0.4) is 0 Å². The molecule has 2 rings (SSSR count). The molecule has 0 aliphatic carbocycles. The number of amides is 2. The van der Waals surface area contributed by atoms with Gasteiger partial charge >= 0.3 is 6.18 Å². The van der Waals surface area contributed by atoms with Crippen LogP contribution >= 0.6 is 0 Å². The highest BCUT2D eigenvalue weighted by Crippen LogP contribution is 2.20. The van der Waals surface area contributed by atoms with E-state index in [1.807, 2.05) is 31.2 Å². The molecule has 0 heterocycles. The van der Waals surface area contributed by atoms with Crippen molar-refractivity contribution in [1.29, 1.82) is 0 Å². The first-order valence-electron chi connectivity index (χ1n) is 8.74. The van der Waals surface area contributed by atoms with E-state index in [4.69, 9.17) is 4.74 Å². The Morgan fingerprint density at radius 3 is 2.54 bits per heavy atom. The van der Waals surface area contributed by atoms with Gasteiger partial charge < -0.3 is 15.4 Å². The Hall–Kier alpha value is -3.03. The van der Waals surface area contributed by atoms with Crippen LogP contribution in [0.2, 0.25) is 0 Å². The van der Waals surface area contributed by atoms with Crippen LogP contribution in [0, 0.1) is 0 Å². The zero-order valence-electron chi connectivity index (χ0n) is 15.3. The molecule has 2 aromatic carbocycles. The topological polar surface area (TPSA) is 67.4 Å². The first kappa shape index (κ1) is 21.3. The van der Waals surface area contributed by atoms with Crippen molar-refractivity contribution in [3.8, 4) is 5.75 Å². The molecule has 0 saturated carbocycles. The van der Waals surface area contributed by atoms with E-state index in [2.05, 4.69) is 5.32 Å². The average molecular weight is 394 g/mol. The molecule has 28 heavy (non-hydrogen) atoms. The molecule has 150 valence electrons. The second-order valence-electron chi connectivity index (χ2n) is 5.97. The maximum absolute atomic E-state index is 12.2. The number of hydrogen-bond donors (Lipinski definition) is 2. The minimum absolute atomic E-state index is 0.0312. The molecule has 0 radical (unpaired) electrons. The van der Waals surface area contributed by atoms with E-state index < -0.39 is 18.6 Å². The molecule has 0 spiro atoms. The van der Waals surface area contributed by atoms with Crippen molar-refractivity contribution in [2.24, 2.45) is 0 Å². The van der Waals surface area contributed by atoms with Gasteiger partial charge in [-0.3, -0.25) is 9.59 Å². The highest BCUT2D eigenvalue weighted by molar-refractivity contribution is 5.97. The van der Waals surface area contributed by atoms with Crippen LogP contribution in [0.1, 0.15) is 29.3 Å². The number of benzene rings is 2. The molecule has 0 unspecified atom stereocenters. The van der Waals surface area contributed by atoms with Gasteiger partial charge in [0.25, 0.3) is 5.91 Å². The molecule has 0 atom stereocenters. The van der Waals surface area contributed by atoms with Gasteiger partial charge in [-0.05, 0) is 43.2 Å². The lowest BCUT2D eigenvalue weighted by Crippen LogP contribution is -2.33. The van der Waals surface area contributed by atoms with Crippen LogP contribution < -0.4 is 15.4 Å². The second-order valence-corrected chi connectivity index (χ2v) is 5.97. The van der Waals surface area contributed by atoms with Gasteiger partial charge in [0.05, 0.1) is 6.61 Å². The van der Waals surface area contributed by atoms with E-state index in [9.17, 15) is 22.8 Å². The van der Waals surface area contributed by atoms with Crippen molar-refractivity contribution in [1.82, 2.24) is 5.32 Å². The largest absolute Gasteiger partial charge is 0.494 e. The Morgan fingerprint density at radius 1 is 1.07 bits per heavy atom. The summed E-state index contributed by atoms with van der Waals surface area (Å²) in [5.74, 6) is -0.417. The molecule has 0 aromatic heterocycles. The minimum atomic E-state index is -4.49. The third-order valence-corrected chi connectivity index (χ3v) is 3.75. The van der Waals surface area contributed by atoms with Crippen LogP contribution in [0.15, 0.2) is 48.5 Å². The van der Waals surface area contributed by atoms with Gasteiger partial charge in [-0.1, -0.05) is 24.3 Å². The number of nitrogens with one attached hydrogen (secondary N) is 2. The normalized spacial score (nSPS) is 11.0. The summed E-state index contributed by atoms with van der Waals surface area (Å²) in [6.07, 6.45) is -3.83. The van der Waals surface area contributed by atoms with Gasteiger partial charge in [-0.15, -0.1) is 0 Å². The molecule has 2 amide bonds. The van der Waals surface area contributed by atoms with Gasteiger partial charge in [0.2, 0.25) is 5.91 Å². The van der Waals surface area contributed by atoms with Gasteiger partial charge in [0.1, 0.15) is 12.3 Å². The standard InChI is InChI=1S/C20H21F3N2O3/c1-2-28-17-9-4-3-6-14(17)10-11-18(26)25-16-8-5-7-15(12-16)19(27)24-13-20(21,22)23/h3-9,12H,2,10-11,13H2,1H3,(H,24,27)(H,25,26). The summed E-state index contributed by atoms with van der Waals surface area (Å²) < 4.78 is 42.1. The second kappa shape index (κ2) is 9.77. The summed E-state index contributed by atoms with van der Waals surface area (Å²) >= 11 is 0. The van der Waals surface area contributed by atoms with E-state index in [0.717, 1.165) is 11.3 Å². The number of hydrogen-bond acceptors (Lipinski definition) is 3. The van der Waals surface area contributed by atoms with E-state index in [0.29, 0.717) is 18.7 Å². The number of carbonyl (C=O) groups is 2. The molecule has 5 nitrogen and oxygen atoms in total. The van der Waals surface area contributed by atoms with Crippen LogP contribution in [-0.2, 0) is 11.2 Å². The van der Waals surface area contributed by atoms with Crippen LogP contribution in [-0.4, -0.2) is 31.1 Å². The summed E-state index contributed by atoms with van der Waals surface area (Å²) in [7, 11) is 0. The molecule has 0 fully saturated rings. The minimum Gasteiger partial charge on any atom is -0.494 e. The zero-order chi connectivity index (χ0) is 20.6. The number of ether oxygens (including phenoxy) is 1. The molecular formula is C20H21F3N2O3. The fourth-order valence-electron chi connectivity index (χ4n) is 2.50. The first-order chi connectivity index (χ1) is 13.3. The number of rotatable bonds is 8. The smallest absolute Gasteiger partial charge is 0.405 e. The van der Waals surface area contributed by atoms with E-state index >= 15 is 0 Å². The fourth-order valence-corrected chi connectivity index (χ4v) is 2.50. The molecule has 8 heteroatoms. The third kappa shape index (κ3) is 6.94. The molecule has 0 aliphatic heterocycles. The summed E-state index contributed by atoms with van der Waals surface area (Å²) in [5.41, 5.74) is 1.27. The highest BCUT2D eigenvalue weighted by atomic mass is 19.4. The Morgan fingerprint density at radius 2 is 1.82 bits per heavy atom. The average Bonchev–Trinajstić information content (AvgIpc) is 2.65. The summed E-state index contributed by atoms with van der Waals surface area (Å²) in [6, 6.07) is 13.2. The van der Waals surface area contributed by atoms with Crippen molar-refractivity contribution in [2.45, 2.75) is 25.9 Å². The van der Waals surface area contributed by atoms with Gasteiger partial charge in [-0.25, -0.2) is 0 Å². The Kier molecular flexibility index (Phi) is 7.43. The maximum Gasteiger partial charge on any atom is 0.405 e. The van der Waals surface area contributed by atoms with Crippen molar-refractivity contribution < 1.29 is 27.5 Å². The molecule has 0 aliphatic rings. The van der Waals surface area contributed by atoms with E-state index in [1.165, 1.54) is 18.2 Å². The fraction of sp³-hybridized carbons (Fsp3) is 0.300. The van der Waals surface area contributed by atoms with Gasteiger partial charge in [0, 0.05) is 17.7 Å². The number of para-hydroxylation sites is 1. The molecule has 2 N–H and O–H groups in total. The third-order valence-electron chi connectivity index (χ3n) is 3.75. The number of halogens is 3. The van der Waals surface area contributed by atoms with Gasteiger partial charge in [0.15, 0.2) is 0 Å². The lowest BCUT2D eigenvalue weighted by molar-refractivity contribution is -0.123. The van der Waals surface area contributed by atoms with E-state index in [1.54, 1.807) is 11.4 Å². The van der Waals surface area contributed by atoms with Crippen molar-refractivity contribution in [3.63, 3.8) is 0 Å². The number of aryl methyl sites for hydroxylation is 1. The van der Waals surface area contributed by atoms with Crippen LogP contribution in [0.4, 0.5) is 18.9 Å². The zero-order valence-corrected chi connectivity index (χ0v) is 15.3. The highest BCUT2D eigenvalue weighted by Gasteiger charge is 2.27. The summed E-state index contributed by atoms with van der Waals surface area (Å²) in [5, 5.41) is 4.44. The molecule has 0 bridgehead atoms. The van der Waals surface area contributed by atoms with Crippen molar-refractivity contribution >= 4 is 17.5 Å². The molecule has 0 saturated heterocycles. The Bertz CT molecular complexity index is 822. The molecule has 2 aromatic rings. The van der Waals surface area contributed by atoms with Gasteiger partial charge in [-0.2, -0.15) is 13.2 Å². The number of alkyl halides is 3. The van der Waals surface area contributed by atoms with Crippen molar-refractivity contribution in [2.75, 3.05) is 18.5 Å². The lowest BCUT2D eigenvalue weighted by Gasteiger charge is -2.11. The summed E-state index contributed by atoms with van der Waals surface area (Å²) in [6.45, 7) is 0.982. The SMILES string of the molecule is CCOc1ccccc1CCC(=O)Nc1cccc(C(=O)NCC(F)(F)F)c1. The van der Waals surface area contributed by atoms with Crippen molar-refractivity contribution in [3.05, 3.63) is 59.7 Å². The van der Waals surface area contributed by atoms with Crippen LogP contribution in [0.25, 0.3) is 0 Å². The van der Waals surface area contributed by atoms with E-state index in [-0.39, 0.29) is 17.9 Å². The number of carbonyl (C=O) groups excluding carboxylic acids is 2. The van der Waals surface area contributed by atoms with Crippen LogP contribution in [0.5, 0.6) is 5.75 Å². The first-order valence-corrected chi connectivity index (χ1v) is 8.74.